The van der Waals surface area contributed by atoms with Gasteiger partial charge in [0, 0.05) is 25.9 Å². The van der Waals surface area contributed by atoms with Crippen LogP contribution in [0.3, 0.4) is 0 Å². The van der Waals surface area contributed by atoms with E-state index in [0.29, 0.717) is 45.1 Å². The molecule has 0 aromatic carbocycles. The lowest BCUT2D eigenvalue weighted by atomic mass is 9.85. The van der Waals surface area contributed by atoms with E-state index in [-0.39, 0.29) is 48.1 Å². The lowest BCUT2D eigenvalue weighted by Gasteiger charge is -2.42. The Morgan fingerprint density at radius 1 is 1.09 bits per heavy atom. The molecule has 0 radical (unpaired) electrons. The molecule has 43 heavy (non-hydrogen) atoms. The van der Waals surface area contributed by atoms with Crippen LogP contribution in [0.4, 0.5) is 8.78 Å². The molecule has 0 spiro atoms. The molecule has 1 heterocycles. The van der Waals surface area contributed by atoms with Gasteiger partial charge in [-0.15, -0.1) is 0 Å². The molecule has 1 aliphatic heterocycles. The number of hydrogen-bond donors (Lipinski definition) is 1. The minimum Gasteiger partial charge on any atom is -0.469 e. The standard InChI is InChI=1S/C34H62F2O6Si/c1-8-9-23-34(35,36)30(42-43(6,7)33(2,3)4)22-21-27-26(18-14-12-10-11-13-15-19-31(38)39-5)28(37)25-29(27)41-32-20-16-17-24-40-32/h12,14,26-30,32,37H,8-11,13,15-25H2,1-7H3/b14-12-/t26-,27-,28+,29-,30?,32?/m1/s1. The second kappa shape index (κ2) is 18.3. The van der Waals surface area contributed by atoms with E-state index >= 15 is 8.78 Å². The summed E-state index contributed by atoms with van der Waals surface area (Å²) in [6, 6.07) is 0. The number of aliphatic hydroxyl groups excluding tert-OH is 1. The van der Waals surface area contributed by atoms with Crippen molar-refractivity contribution in [1.29, 1.82) is 0 Å². The minimum absolute atomic E-state index is 0.0577. The quantitative estimate of drug-likeness (QED) is 0.0663. The highest BCUT2D eigenvalue weighted by molar-refractivity contribution is 6.74. The average Bonchev–Trinajstić information content (AvgIpc) is 3.23. The zero-order valence-electron chi connectivity index (χ0n) is 28.2. The van der Waals surface area contributed by atoms with Crippen LogP contribution >= 0.6 is 0 Å². The lowest BCUT2D eigenvalue weighted by molar-refractivity contribution is -0.197. The van der Waals surface area contributed by atoms with Crippen LogP contribution < -0.4 is 0 Å². The lowest BCUT2D eigenvalue weighted by Crippen LogP contribution is -2.49. The van der Waals surface area contributed by atoms with E-state index in [2.05, 4.69) is 32.9 Å². The monoisotopic (exact) mass is 632 g/mol. The van der Waals surface area contributed by atoms with Gasteiger partial charge in [0.15, 0.2) is 14.6 Å². The van der Waals surface area contributed by atoms with Gasteiger partial charge in [0.05, 0.1) is 19.3 Å². The maximum absolute atomic E-state index is 15.7. The van der Waals surface area contributed by atoms with Crippen molar-refractivity contribution in [1.82, 2.24) is 0 Å². The van der Waals surface area contributed by atoms with Gasteiger partial charge in [0.2, 0.25) is 0 Å². The third-order valence-corrected chi connectivity index (χ3v) is 14.3. The first-order valence-corrected chi connectivity index (χ1v) is 19.8. The van der Waals surface area contributed by atoms with E-state index < -0.39 is 26.4 Å². The number of allylic oxidation sites excluding steroid dienone is 2. The number of carbonyl (C=O) groups excluding carboxylic acids is 1. The van der Waals surface area contributed by atoms with E-state index in [1.807, 2.05) is 20.0 Å². The Morgan fingerprint density at radius 3 is 2.47 bits per heavy atom. The maximum Gasteiger partial charge on any atom is 0.305 e. The van der Waals surface area contributed by atoms with Crippen LogP contribution in [0.15, 0.2) is 12.2 Å². The summed E-state index contributed by atoms with van der Waals surface area (Å²) < 4.78 is 54.9. The van der Waals surface area contributed by atoms with Crippen molar-refractivity contribution in [3.05, 3.63) is 12.2 Å². The molecule has 2 unspecified atom stereocenters. The summed E-state index contributed by atoms with van der Waals surface area (Å²) >= 11 is 0. The Kier molecular flexibility index (Phi) is 16.3. The van der Waals surface area contributed by atoms with Gasteiger partial charge >= 0.3 is 5.97 Å². The third-order valence-electron chi connectivity index (χ3n) is 9.85. The van der Waals surface area contributed by atoms with Gasteiger partial charge in [0.1, 0.15) is 6.10 Å². The maximum atomic E-state index is 15.7. The predicted molar refractivity (Wildman–Crippen MR) is 171 cm³/mol. The van der Waals surface area contributed by atoms with Crippen molar-refractivity contribution in [3.63, 3.8) is 0 Å². The van der Waals surface area contributed by atoms with E-state index in [0.717, 1.165) is 44.9 Å². The zero-order valence-corrected chi connectivity index (χ0v) is 29.2. The summed E-state index contributed by atoms with van der Waals surface area (Å²) in [7, 11) is -1.03. The highest BCUT2D eigenvalue weighted by atomic mass is 28.4. The molecule has 6 atom stereocenters. The minimum atomic E-state index is -2.91. The molecule has 1 saturated heterocycles. The number of esters is 1. The number of aliphatic hydroxyl groups is 1. The molecule has 2 aliphatic rings. The summed E-state index contributed by atoms with van der Waals surface area (Å²) in [6.45, 7) is 13.0. The summed E-state index contributed by atoms with van der Waals surface area (Å²) in [5, 5.41) is 11.0. The van der Waals surface area contributed by atoms with Crippen LogP contribution in [0.5, 0.6) is 0 Å². The Morgan fingerprint density at radius 2 is 1.84 bits per heavy atom. The molecule has 2 rings (SSSR count). The van der Waals surface area contributed by atoms with Crippen LogP contribution in [0.25, 0.3) is 0 Å². The van der Waals surface area contributed by atoms with Crippen LogP contribution in [0.2, 0.25) is 18.1 Å². The number of carbonyl (C=O) groups is 1. The number of alkyl halides is 2. The van der Waals surface area contributed by atoms with E-state index in [1.165, 1.54) is 7.11 Å². The largest absolute Gasteiger partial charge is 0.469 e. The second-order valence-corrected chi connectivity index (χ2v) is 19.0. The van der Waals surface area contributed by atoms with Crippen molar-refractivity contribution in [2.45, 2.75) is 173 Å². The van der Waals surface area contributed by atoms with E-state index in [9.17, 15) is 9.90 Å². The van der Waals surface area contributed by atoms with Crippen LogP contribution in [0, 0.1) is 11.8 Å². The van der Waals surface area contributed by atoms with Crippen molar-refractivity contribution in [2.75, 3.05) is 13.7 Å². The normalized spacial score (nSPS) is 26.2. The van der Waals surface area contributed by atoms with Crippen LogP contribution in [-0.2, 0) is 23.4 Å². The Labute approximate surface area is 261 Å². The first-order chi connectivity index (χ1) is 20.2. The Balaban J connectivity index is 2.13. The molecule has 0 amide bonds. The summed E-state index contributed by atoms with van der Waals surface area (Å²) in [6.07, 6.45) is 12.0. The average molecular weight is 633 g/mol. The second-order valence-electron chi connectivity index (χ2n) is 14.3. The predicted octanol–water partition coefficient (Wildman–Crippen LogP) is 8.96. The summed E-state index contributed by atoms with van der Waals surface area (Å²) in [5.41, 5.74) is 0. The number of unbranched alkanes of at least 4 members (excludes halogenated alkanes) is 4. The molecule has 1 N–H and O–H groups in total. The summed E-state index contributed by atoms with van der Waals surface area (Å²) in [5.74, 6) is -3.21. The molecule has 0 bridgehead atoms. The molecule has 0 aromatic rings. The first-order valence-electron chi connectivity index (χ1n) is 16.9. The van der Waals surface area contributed by atoms with Crippen LogP contribution in [0.1, 0.15) is 124 Å². The molecule has 1 saturated carbocycles. The SMILES string of the molecule is CCCCC(F)(F)C(CC[C@@H]1[C@@H](C/C=C\CCCCCC(=O)OC)[C@@H](O)C[C@H]1OC1CCCCO1)O[Si](C)(C)C(C)(C)C. The molecule has 6 nitrogen and oxygen atoms in total. The van der Waals surface area contributed by atoms with Gasteiger partial charge in [-0.25, -0.2) is 8.78 Å². The molecule has 9 heteroatoms. The third kappa shape index (κ3) is 12.8. The highest BCUT2D eigenvalue weighted by Gasteiger charge is 2.49. The van der Waals surface area contributed by atoms with Gasteiger partial charge in [0.25, 0.3) is 5.92 Å². The van der Waals surface area contributed by atoms with Crippen molar-refractivity contribution in [3.8, 4) is 0 Å². The molecule has 0 aromatic heterocycles. The Bertz CT molecular complexity index is 824. The molecule has 252 valence electrons. The van der Waals surface area contributed by atoms with Gasteiger partial charge in [-0.3, -0.25) is 4.79 Å². The van der Waals surface area contributed by atoms with E-state index in [1.54, 1.807) is 0 Å². The van der Waals surface area contributed by atoms with Gasteiger partial charge in [-0.05, 0) is 94.2 Å². The Hall–Kier alpha value is -0.873. The zero-order chi connectivity index (χ0) is 32.1. The fraction of sp³-hybridized carbons (Fsp3) is 0.912. The molecular formula is C34H62F2O6Si. The van der Waals surface area contributed by atoms with Crippen molar-refractivity contribution >= 4 is 14.3 Å². The highest BCUT2D eigenvalue weighted by Crippen LogP contribution is 2.45. The first kappa shape index (κ1) is 38.3. The van der Waals surface area contributed by atoms with Crippen LogP contribution in [-0.4, -0.2) is 63.6 Å². The fourth-order valence-electron chi connectivity index (χ4n) is 6.04. The van der Waals surface area contributed by atoms with Gasteiger partial charge in [-0.1, -0.05) is 52.7 Å². The molecule has 2 fully saturated rings. The number of methoxy groups -OCH3 is 1. The number of rotatable bonds is 19. The van der Waals surface area contributed by atoms with Crippen molar-refractivity contribution < 1.29 is 37.3 Å². The smallest absolute Gasteiger partial charge is 0.305 e. The number of ether oxygens (including phenoxy) is 3. The topological polar surface area (TPSA) is 74.2 Å². The van der Waals surface area contributed by atoms with Gasteiger partial charge in [-0.2, -0.15) is 0 Å². The fourth-order valence-corrected chi connectivity index (χ4v) is 7.39. The molecular weight excluding hydrogens is 570 g/mol. The number of halogens is 2. The number of hydrogen-bond acceptors (Lipinski definition) is 6. The molecule has 1 aliphatic carbocycles. The summed E-state index contributed by atoms with van der Waals surface area (Å²) in [4.78, 5) is 11.3. The van der Waals surface area contributed by atoms with E-state index in [4.69, 9.17) is 18.6 Å². The van der Waals surface area contributed by atoms with Crippen molar-refractivity contribution in [2.24, 2.45) is 11.8 Å². The van der Waals surface area contributed by atoms with Gasteiger partial charge < -0.3 is 23.7 Å².